The Kier molecular flexibility index (Phi) is 5.76. The highest BCUT2D eigenvalue weighted by Gasteiger charge is 2.22. The molecule has 0 spiro atoms. The lowest BCUT2D eigenvalue weighted by Crippen LogP contribution is -2.42. The van der Waals surface area contributed by atoms with Crippen LogP contribution in [0.5, 0.6) is 0 Å². The Morgan fingerprint density at radius 3 is 2.19 bits per heavy atom. The van der Waals surface area contributed by atoms with Crippen LogP contribution in [-0.2, 0) is 14.3 Å². The van der Waals surface area contributed by atoms with Crippen LogP contribution in [0.4, 0.5) is 0 Å². The first-order valence-electron chi connectivity index (χ1n) is 8.38. The Balaban J connectivity index is 1.70. The number of hydrogen-bond acceptors (Lipinski definition) is 5. The molecule has 3 rings (SSSR count). The molecule has 2 aromatic rings. The van der Waals surface area contributed by atoms with Crippen molar-refractivity contribution >= 4 is 17.7 Å². The average Bonchev–Trinajstić information content (AvgIpc) is 2.72. The van der Waals surface area contributed by atoms with Gasteiger partial charge in [0.05, 0.1) is 18.8 Å². The van der Waals surface area contributed by atoms with E-state index >= 15 is 0 Å². The molecular formula is C20H19NO5. The molecule has 1 heterocycles. The van der Waals surface area contributed by atoms with Crippen LogP contribution in [0.15, 0.2) is 54.6 Å². The first kappa shape index (κ1) is 17.8. The number of carbonyl (C=O) groups excluding carboxylic acids is 3. The number of ether oxygens (including phenoxy) is 2. The van der Waals surface area contributed by atoms with Gasteiger partial charge in [-0.25, -0.2) is 4.79 Å². The number of rotatable bonds is 5. The maximum atomic E-state index is 12.7. The van der Waals surface area contributed by atoms with Crippen molar-refractivity contribution in [2.24, 2.45) is 0 Å². The molecule has 1 fully saturated rings. The predicted octanol–water partition coefficient (Wildman–Crippen LogP) is 1.93. The molecule has 2 aromatic carbocycles. The fraction of sp³-hybridized carbons (Fsp3) is 0.250. The zero-order valence-corrected chi connectivity index (χ0v) is 14.2. The SMILES string of the molecule is O=C(OCC(=O)N1CCOCC1)c1ccccc1C(=O)c1ccccc1. The van der Waals surface area contributed by atoms with Crippen LogP contribution in [0.3, 0.4) is 0 Å². The van der Waals surface area contributed by atoms with Crippen LogP contribution < -0.4 is 0 Å². The maximum absolute atomic E-state index is 12.7. The summed E-state index contributed by atoms with van der Waals surface area (Å²) in [6.07, 6.45) is 0. The van der Waals surface area contributed by atoms with Crippen LogP contribution in [0.1, 0.15) is 26.3 Å². The van der Waals surface area contributed by atoms with Crippen LogP contribution in [-0.4, -0.2) is 55.5 Å². The summed E-state index contributed by atoms with van der Waals surface area (Å²) in [5, 5.41) is 0. The minimum absolute atomic E-state index is 0.149. The van der Waals surface area contributed by atoms with Gasteiger partial charge in [-0.1, -0.05) is 48.5 Å². The molecule has 26 heavy (non-hydrogen) atoms. The van der Waals surface area contributed by atoms with E-state index in [9.17, 15) is 14.4 Å². The van der Waals surface area contributed by atoms with Gasteiger partial charge in [0.2, 0.25) is 0 Å². The van der Waals surface area contributed by atoms with E-state index in [0.717, 1.165) is 0 Å². The zero-order valence-electron chi connectivity index (χ0n) is 14.2. The second-order valence-electron chi connectivity index (χ2n) is 5.81. The van der Waals surface area contributed by atoms with Gasteiger partial charge in [-0.3, -0.25) is 9.59 Å². The molecule has 1 aliphatic rings. The maximum Gasteiger partial charge on any atom is 0.339 e. The van der Waals surface area contributed by atoms with Crippen molar-refractivity contribution < 1.29 is 23.9 Å². The van der Waals surface area contributed by atoms with Gasteiger partial charge in [-0.05, 0) is 6.07 Å². The van der Waals surface area contributed by atoms with Gasteiger partial charge in [0.15, 0.2) is 12.4 Å². The minimum atomic E-state index is -0.688. The molecule has 0 unspecified atom stereocenters. The molecule has 1 saturated heterocycles. The summed E-state index contributed by atoms with van der Waals surface area (Å²) < 4.78 is 10.3. The summed E-state index contributed by atoms with van der Waals surface area (Å²) in [6.45, 7) is 1.58. The van der Waals surface area contributed by atoms with Crippen LogP contribution in [0, 0.1) is 0 Å². The van der Waals surface area contributed by atoms with Gasteiger partial charge in [-0.2, -0.15) is 0 Å². The van der Waals surface area contributed by atoms with Crippen LogP contribution >= 0.6 is 0 Å². The Bertz CT molecular complexity index is 797. The van der Waals surface area contributed by atoms with Gasteiger partial charge < -0.3 is 14.4 Å². The molecule has 0 aromatic heterocycles. The third-order valence-electron chi connectivity index (χ3n) is 4.12. The van der Waals surface area contributed by atoms with E-state index in [-0.39, 0.29) is 29.4 Å². The molecule has 6 nitrogen and oxygen atoms in total. The van der Waals surface area contributed by atoms with E-state index < -0.39 is 5.97 Å². The zero-order chi connectivity index (χ0) is 18.4. The Morgan fingerprint density at radius 1 is 0.885 bits per heavy atom. The number of ketones is 1. The monoisotopic (exact) mass is 353 g/mol. The predicted molar refractivity (Wildman–Crippen MR) is 94.0 cm³/mol. The van der Waals surface area contributed by atoms with Crippen molar-refractivity contribution in [1.29, 1.82) is 0 Å². The minimum Gasteiger partial charge on any atom is -0.452 e. The molecule has 0 aliphatic carbocycles. The third kappa shape index (κ3) is 4.15. The topological polar surface area (TPSA) is 72.9 Å². The van der Waals surface area contributed by atoms with Crippen molar-refractivity contribution in [2.45, 2.75) is 0 Å². The smallest absolute Gasteiger partial charge is 0.339 e. The van der Waals surface area contributed by atoms with E-state index in [1.807, 2.05) is 6.07 Å². The van der Waals surface area contributed by atoms with Gasteiger partial charge >= 0.3 is 5.97 Å². The highest BCUT2D eigenvalue weighted by atomic mass is 16.5. The van der Waals surface area contributed by atoms with E-state index in [1.165, 1.54) is 6.07 Å². The number of morpholine rings is 1. The quantitative estimate of drug-likeness (QED) is 0.607. The number of hydrogen-bond donors (Lipinski definition) is 0. The second-order valence-corrected chi connectivity index (χ2v) is 5.81. The first-order chi connectivity index (χ1) is 12.7. The lowest BCUT2D eigenvalue weighted by atomic mass is 9.98. The van der Waals surface area contributed by atoms with Gasteiger partial charge in [0, 0.05) is 24.2 Å². The molecule has 0 radical (unpaired) electrons. The van der Waals surface area contributed by atoms with E-state index in [0.29, 0.717) is 31.9 Å². The van der Waals surface area contributed by atoms with Crippen molar-refractivity contribution in [3.8, 4) is 0 Å². The van der Waals surface area contributed by atoms with Crippen molar-refractivity contribution in [3.05, 3.63) is 71.3 Å². The Morgan fingerprint density at radius 2 is 1.50 bits per heavy atom. The number of benzene rings is 2. The van der Waals surface area contributed by atoms with Gasteiger partial charge in [-0.15, -0.1) is 0 Å². The molecule has 0 saturated carbocycles. The molecule has 0 bridgehead atoms. The number of carbonyl (C=O) groups is 3. The highest BCUT2D eigenvalue weighted by Crippen LogP contribution is 2.16. The van der Waals surface area contributed by atoms with Crippen LogP contribution in [0.2, 0.25) is 0 Å². The summed E-state index contributed by atoms with van der Waals surface area (Å²) in [7, 11) is 0. The number of nitrogens with zero attached hydrogens (tertiary/aromatic N) is 1. The summed E-state index contributed by atoms with van der Waals surface area (Å²) in [5.74, 6) is -1.22. The fourth-order valence-corrected chi connectivity index (χ4v) is 2.71. The van der Waals surface area contributed by atoms with Crippen molar-refractivity contribution in [1.82, 2.24) is 4.90 Å². The first-order valence-corrected chi connectivity index (χ1v) is 8.38. The molecule has 1 aliphatic heterocycles. The van der Waals surface area contributed by atoms with E-state index in [4.69, 9.17) is 9.47 Å². The molecule has 6 heteroatoms. The van der Waals surface area contributed by atoms with E-state index in [1.54, 1.807) is 47.4 Å². The summed E-state index contributed by atoms with van der Waals surface area (Å²) in [5.41, 5.74) is 0.885. The fourth-order valence-electron chi connectivity index (χ4n) is 2.71. The normalized spacial score (nSPS) is 13.9. The lowest BCUT2D eigenvalue weighted by Gasteiger charge is -2.26. The standard InChI is InChI=1S/C20H19NO5/c22-18(21-10-12-25-13-11-21)14-26-20(24)17-9-5-4-8-16(17)19(23)15-6-2-1-3-7-15/h1-9H,10-14H2. The van der Waals surface area contributed by atoms with Crippen LogP contribution in [0.25, 0.3) is 0 Å². The summed E-state index contributed by atoms with van der Waals surface area (Å²) in [6, 6.07) is 15.2. The molecule has 1 amide bonds. The summed E-state index contributed by atoms with van der Waals surface area (Å²) >= 11 is 0. The average molecular weight is 353 g/mol. The number of esters is 1. The highest BCUT2D eigenvalue weighted by molar-refractivity contribution is 6.14. The molecule has 0 atom stereocenters. The molecular weight excluding hydrogens is 334 g/mol. The lowest BCUT2D eigenvalue weighted by molar-refractivity contribution is -0.138. The largest absolute Gasteiger partial charge is 0.452 e. The third-order valence-corrected chi connectivity index (χ3v) is 4.12. The van der Waals surface area contributed by atoms with Gasteiger partial charge in [0.25, 0.3) is 5.91 Å². The molecule has 0 N–H and O–H groups in total. The van der Waals surface area contributed by atoms with E-state index in [2.05, 4.69) is 0 Å². The Hall–Kier alpha value is -2.99. The Labute approximate surface area is 151 Å². The summed E-state index contributed by atoms with van der Waals surface area (Å²) in [4.78, 5) is 38.8. The van der Waals surface area contributed by atoms with Gasteiger partial charge in [0.1, 0.15) is 0 Å². The van der Waals surface area contributed by atoms with Crippen molar-refractivity contribution in [2.75, 3.05) is 32.9 Å². The molecule has 134 valence electrons. The number of amides is 1. The van der Waals surface area contributed by atoms with Crippen molar-refractivity contribution in [3.63, 3.8) is 0 Å². The second kappa shape index (κ2) is 8.40.